The first-order valence-electron chi connectivity index (χ1n) is 13.6. The van der Waals surface area contributed by atoms with Crippen LogP contribution in [0.2, 0.25) is 41.3 Å². The Balaban J connectivity index is 2.84. The number of cyclic esters (lactones) is 1. The fourth-order valence-corrected chi connectivity index (χ4v) is 5.75. The molecule has 0 amide bonds. The van der Waals surface area contributed by atoms with Crippen molar-refractivity contribution in [2.24, 2.45) is 0 Å². The molecule has 1 atom stereocenters. The van der Waals surface area contributed by atoms with Crippen molar-refractivity contribution >= 4 is 40.0 Å². The van der Waals surface area contributed by atoms with Gasteiger partial charge in [-0.3, -0.25) is 4.79 Å². The molecule has 0 N–H and O–H groups in total. The van der Waals surface area contributed by atoms with Gasteiger partial charge in [-0.15, -0.1) is 0 Å². The molecule has 0 aromatic heterocycles. The molecular formula is C30H47ClO5Si2. The van der Waals surface area contributed by atoms with Crippen LogP contribution in [0.15, 0.2) is 30.4 Å². The number of hydrogen-bond donors (Lipinski definition) is 0. The third-order valence-electron chi connectivity index (χ3n) is 7.94. The quantitative estimate of drug-likeness (QED) is 0.202. The lowest BCUT2D eigenvalue weighted by Crippen LogP contribution is -2.45. The lowest BCUT2D eigenvalue weighted by Gasteiger charge is -2.39. The Kier molecular flexibility index (Phi) is 10.3. The van der Waals surface area contributed by atoms with Crippen LogP contribution in [0.25, 0.3) is 0 Å². The van der Waals surface area contributed by atoms with Gasteiger partial charge in [-0.1, -0.05) is 71.4 Å². The molecular weight excluding hydrogens is 532 g/mol. The largest absolute Gasteiger partial charge is 0.543 e. The van der Waals surface area contributed by atoms with Gasteiger partial charge in [0.1, 0.15) is 23.2 Å². The molecule has 0 saturated heterocycles. The number of fused-ring (bicyclic) bond motifs is 1. The van der Waals surface area contributed by atoms with Crippen LogP contribution in [0, 0.1) is 0 Å². The minimum atomic E-state index is -2.39. The van der Waals surface area contributed by atoms with E-state index in [2.05, 4.69) is 67.7 Å². The van der Waals surface area contributed by atoms with Gasteiger partial charge in [0.25, 0.3) is 16.6 Å². The Hall–Kier alpha value is -1.84. The van der Waals surface area contributed by atoms with Crippen molar-refractivity contribution in [2.75, 3.05) is 0 Å². The molecule has 0 bridgehead atoms. The van der Waals surface area contributed by atoms with Crippen molar-refractivity contribution in [3.05, 3.63) is 46.5 Å². The third-order valence-corrected chi connectivity index (χ3v) is 17.0. The lowest BCUT2D eigenvalue weighted by atomic mass is 9.99. The van der Waals surface area contributed by atoms with Crippen molar-refractivity contribution in [1.29, 1.82) is 0 Å². The van der Waals surface area contributed by atoms with E-state index in [9.17, 15) is 9.59 Å². The van der Waals surface area contributed by atoms with E-state index in [0.29, 0.717) is 23.5 Å². The second-order valence-corrected chi connectivity index (χ2v) is 23.1. The average Bonchev–Trinajstić information content (AvgIpc) is 2.73. The Labute approximate surface area is 237 Å². The van der Waals surface area contributed by atoms with Crippen LogP contribution in [0.3, 0.4) is 0 Å². The highest BCUT2D eigenvalue weighted by atomic mass is 35.5. The molecule has 0 radical (unpaired) electrons. The monoisotopic (exact) mass is 578 g/mol. The maximum atomic E-state index is 13.7. The molecule has 1 aliphatic heterocycles. The van der Waals surface area contributed by atoms with Crippen LogP contribution < -0.4 is 8.85 Å². The van der Waals surface area contributed by atoms with Crippen molar-refractivity contribution in [3.8, 4) is 11.5 Å². The summed E-state index contributed by atoms with van der Waals surface area (Å²) in [4.78, 5) is 26.8. The van der Waals surface area contributed by atoms with E-state index < -0.39 is 22.6 Å². The zero-order chi connectivity index (χ0) is 29.1. The molecule has 212 valence electrons. The molecule has 1 aliphatic rings. The van der Waals surface area contributed by atoms with Gasteiger partial charge in [0, 0.05) is 24.5 Å². The minimum Gasteiger partial charge on any atom is -0.543 e. The van der Waals surface area contributed by atoms with E-state index in [0.717, 1.165) is 12.8 Å². The first-order valence-corrected chi connectivity index (χ1v) is 19.7. The van der Waals surface area contributed by atoms with E-state index in [1.165, 1.54) is 0 Å². The van der Waals surface area contributed by atoms with Gasteiger partial charge in [-0.2, -0.15) is 0 Å². The van der Waals surface area contributed by atoms with Crippen molar-refractivity contribution in [3.63, 3.8) is 0 Å². The first-order chi connectivity index (χ1) is 17.3. The number of hydrogen-bond acceptors (Lipinski definition) is 5. The van der Waals surface area contributed by atoms with E-state index in [1.807, 2.05) is 25.2 Å². The van der Waals surface area contributed by atoms with Gasteiger partial charge in [0.15, 0.2) is 5.78 Å². The van der Waals surface area contributed by atoms with Gasteiger partial charge >= 0.3 is 5.97 Å². The minimum absolute atomic E-state index is 0.0491. The first kappa shape index (κ1) is 32.4. The molecule has 0 fully saturated rings. The highest BCUT2D eigenvalue weighted by Crippen LogP contribution is 2.46. The van der Waals surface area contributed by atoms with Gasteiger partial charge in [0.05, 0.1) is 5.02 Å². The van der Waals surface area contributed by atoms with Crippen LogP contribution in [0.5, 0.6) is 11.5 Å². The predicted octanol–water partition coefficient (Wildman–Crippen LogP) is 9.06. The Morgan fingerprint density at radius 2 is 1.39 bits per heavy atom. The Bertz CT molecular complexity index is 1090. The summed E-state index contributed by atoms with van der Waals surface area (Å²) in [5.74, 6) is 0.149. The molecule has 5 nitrogen and oxygen atoms in total. The van der Waals surface area contributed by atoms with E-state index in [4.69, 9.17) is 25.2 Å². The Morgan fingerprint density at radius 3 is 1.95 bits per heavy atom. The molecule has 38 heavy (non-hydrogen) atoms. The summed E-state index contributed by atoms with van der Waals surface area (Å²) in [7, 11) is -4.70. The van der Waals surface area contributed by atoms with Crippen molar-refractivity contribution in [2.45, 2.75) is 117 Å². The molecule has 1 aromatic carbocycles. The van der Waals surface area contributed by atoms with Gasteiger partial charge in [-0.05, 0) is 62.1 Å². The third kappa shape index (κ3) is 8.09. The van der Waals surface area contributed by atoms with Crippen molar-refractivity contribution < 1.29 is 23.2 Å². The predicted molar refractivity (Wildman–Crippen MR) is 163 cm³/mol. The highest BCUT2D eigenvalue weighted by molar-refractivity contribution is 6.75. The second-order valence-electron chi connectivity index (χ2n) is 13.3. The number of carbonyl (C=O) groups is 2. The van der Waals surface area contributed by atoms with Crippen LogP contribution in [-0.2, 0) is 16.0 Å². The summed E-state index contributed by atoms with van der Waals surface area (Å²) in [5.41, 5.74) is 0.619. The summed E-state index contributed by atoms with van der Waals surface area (Å²) in [6.45, 7) is 23.3. The lowest BCUT2D eigenvalue weighted by molar-refractivity contribution is -0.114. The smallest absolute Gasteiger partial charge is 0.342 e. The number of allylic oxidation sites excluding steroid dienone is 3. The summed E-state index contributed by atoms with van der Waals surface area (Å²) < 4.78 is 19.3. The number of halogens is 1. The highest BCUT2D eigenvalue weighted by Gasteiger charge is 2.43. The molecule has 0 saturated carbocycles. The molecule has 8 heteroatoms. The maximum Gasteiger partial charge on any atom is 0.342 e. The second kappa shape index (κ2) is 12.1. The topological polar surface area (TPSA) is 61.8 Å². The number of carbonyl (C=O) groups excluding carboxylic acids is 2. The maximum absolute atomic E-state index is 13.7. The number of ketones is 1. The zero-order valence-corrected chi connectivity index (χ0v) is 28.0. The summed E-state index contributed by atoms with van der Waals surface area (Å²) >= 11 is 6.99. The molecule has 2 rings (SSSR count). The zero-order valence-electron chi connectivity index (χ0n) is 25.2. The average molecular weight is 579 g/mol. The van der Waals surface area contributed by atoms with Gasteiger partial charge < -0.3 is 13.6 Å². The summed E-state index contributed by atoms with van der Waals surface area (Å²) in [6.07, 6.45) is 9.28. The molecule has 1 heterocycles. The van der Waals surface area contributed by atoms with Gasteiger partial charge in [-0.25, -0.2) is 4.79 Å². The molecule has 0 aliphatic carbocycles. The molecule has 1 aromatic rings. The number of esters is 1. The van der Waals surface area contributed by atoms with Crippen LogP contribution >= 0.6 is 11.6 Å². The van der Waals surface area contributed by atoms with Gasteiger partial charge in [0.2, 0.25) is 0 Å². The SMILES string of the molecule is C[C@@H]1C/C=C/CC/C=C/C(=O)Cc2c(Cl)c(O[Si](C)(C)C(C)(C)C)cc(O[Si](C)(C)C(C)(C)C)c2C(=O)O1. The van der Waals surface area contributed by atoms with E-state index >= 15 is 0 Å². The standard InChI is InChI=1S/C30H47ClO5Si2/c1-21-17-15-13-12-14-16-18-22(32)19-23-26(28(33)34-21)24(35-37(8,9)29(2,3)4)20-25(27(23)31)36-38(10,11)30(5,6)7/h13,15-16,18,20-21H,12,14,17,19H2,1-11H3/b15-13+,18-16+/t21-/m1/s1. The number of ether oxygens (including phenoxy) is 1. The van der Waals surface area contributed by atoms with E-state index in [-0.39, 0.29) is 39.0 Å². The molecule has 0 spiro atoms. The normalized spacial score (nSPS) is 20.2. The fourth-order valence-electron chi connectivity index (χ4n) is 3.40. The molecule has 0 unspecified atom stereocenters. The fraction of sp³-hybridized carbons (Fsp3) is 0.600. The van der Waals surface area contributed by atoms with Crippen LogP contribution in [0.1, 0.15) is 83.7 Å². The summed E-state index contributed by atoms with van der Waals surface area (Å²) in [6, 6.07) is 1.75. The number of rotatable bonds is 4. The van der Waals surface area contributed by atoms with Crippen molar-refractivity contribution in [1.82, 2.24) is 0 Å². The van der Waals surface area contributed by atoms with Crippen LogP contribution in [0.4, 0.5) is 0 Å². The summed E-state index contributed by atoms with van der Waals surface area (Å²) in [5, 5.41) is 0.0667. The van der Waals surface area contributed by atoms with Crippen LogP contribution in [-0.4, -0.2) is 34.5 Å². The van der Waals surface area contributed by atoms with E-state index in [1.54, 1.807) is 12.1 Å². The Morgan fingerprint density at radius 1 is 0.868 bits per heavy atom. The number of benzene rings is 1.